The van der Waals surface area contributed by atoms with Crippen LogP contribution in [0.2, 0.25) is 0 Å². The van der Waals surface area contributed by atoms with Gasteiger partial charge >= 0.3 is 5.97 Å². The number of carbonyl (C=O) groups is 1. The zero-order valence-corrected chi connectivity index (χ0v) is 9.45. The van der Waals surface area contributed by atoms with Crippen LogP contribution >= 0.6 is 11.6 Å². The van der Waals surface area contributed by atoms with Crippen molar-refractivity contribution in [2.45, 2.75) is 12.3 Å². The van der Waals surface area contributed by atoms with E-state index < -0.39 is 0 Å². The lowest BCUT2D eigenvalue weighted by Crippen LogP contribution is -2.04. The Morgan fingerprint density at radius 3 is 3.06 bits per heavy atom. The number of halogens is 1. The number of fused-ring (bicyclic) bond motifs is 1. The summed E-state index contributed by atoms with van der Waals surface area (Å²) >= 11 is 5.71. The molecule has 0 N–H and O–H groups in total. The first-order valence-corrected chi connectivity index (χ1v) is 5.27. The first kappa shape index (κ1) is 11.0. The fourth-order valence-corrected chi connectivity index (χ4v) is 1.54. The molecule has 0 radical (unpaired) electrons. The highest BCUT2D eigenvalue weighted by molar-refractivity contribution is 6.17. The summed E-state index contributed by atoms with van der Waals surface area (Å²) in [5.41, 5.74) is 2.32. The molecular formula is C11H10ClNO3. The number of methoxy groups -OCH3 is 1. The summed E-state index contributed by atoms with van der Waals surface area (Å²) < 4.78 is 9.92. The SMILES string of the molecule is COC(=O)Cc1nc2cc(CCl)ccc2o1. The lowest BCUT2D eigenvalue weighted by Gasteiger charge is -1.92. The molecule has 2 rings (SSSR count). The van der Waals surface area contributed by atoms with Gasteiger partial charge in [-0.05, 0) is 17.7 Å². The predicted octanol–water partition coefficient (Wildman–Crippen LogP) is 2.28. The van der Waals surface area contributed by atoms with Crippen molar-refractivity contribution in [2.75, 3.05) is 7.11 Å². The number of nitrogens with zero attached hydrogens (tertiary/aromatic N) is 1. The third-order valence-electron chi connectivity index (χ3n) is 2.17. The average Bonchev–Trinajstić information content (AvgIpc) is 2.69. The van der Waals surface area contributed by atoms with Crippen molar-refractivity contribution >= 4 is 28.7 Å². The van der Waals surface area contributed by atoms with Crippen molar-refractivity contribution in [3.8, 4) is 0 Å². The maximum Gasteiger partial charge on any atom is 0.314 e. The van der Waals surface area contributed by atoms with Gasteiger partial charge in [0, 0.05) is 5.88 Å². The fourth-order valence-electron chi connectivity index (χ4n) is 1.38. The van der Waals surface area contributed by atoms with E-state index in [1.54, 1.807) is 6.07 Å². The molecule has 0 spiro atoms. The number of aromatic nitrogens is 1. The quantitative estimate of drug-likeness (QED) is 0.609. The number of esters is 1. The molecule has 0 amide bonds. The Labute approximate surface area is 97.2 Å². The van der Waals surface area contributed by atoms with E-state index in [4.69, 9.17) is 16.0 Å². The van der Waals surface area contributed by atoms with Crippen molar-refractivity contribution in [3.63, 3.8) is 0 Å². The van der Waals surface area contributed by atoms with E-state index >= 15 is 0 Å². The van der Waals surface area contributed by atoms with Crippen LogP contribution in [0.4, 0.5) is 0 Å². The monoisotopic (exact) mass is 239 g/mol. The molecule has 5 heteroatoms. The molecule has 0 bridgehead atoms. The minimum Gasteiger partial charge on any atom is -0.469 e. The second kappa shape index (κ2) is 4.53. The maximum absolute atomic E-state index is 11.0. The predicted molar refractivity (Wildman–Crippen MR) is 59.3 cm³/mol. The Balaban J connectivity index is 2.32. The van der Waals surface area contributed by atoms with Crippen molar-refractivity contribution in [2.24, 2.45) is 0 Å². The normalized spacial score (nSPS) is 10.6. The molecule has 0 atom stereocenters. The molecule has 84 valence electrons. The van der Waals surface area contributed by atoms with E-state index in [9.17, 15) is 4.79 Å². The minimum atomic E-state index is -0.371. The number of alkyl halides is 1. The number of benzene rings is 1. The summed E-state index contributed by atoms with van der Waals surface area (Å²) in [5, 5.41) is 0. The number of rotatable bonds is 3. The lowest BCUT2D eigenvalue weighted by atomic mass is 10.2. The Kier molecular flexibility index (Phi) is 3.10. The first-order chi connectivity index (χ1) is 7.72. The summed E-state index contributed by atoms with van der Waals surface area (Å²) in [5.74, 6) is 0.410. The second-order valence-electron chi connectivity index (χ2n) is 3.30. The van der Waals surface area contributed by atoms with Gasteiger partial charge in [0.25, 0.3) is 0 Å². The number of ether oxygens (including phenoxy) is 1. The molecule has 1 aromatic carbocycles. The molecule has 2 aromatic rings. The zero-order valence-electron chi connectivity index (χ0n) is 8.70. The van der Waals surface area contributed by atoms with Crippen LogP contribution in [0.5, 0.6) is 0 Å². The zero-order chi connectivity index (χ0) is 11.5. The van der Waals surface area contributed by atoms with Gasteiger partial charge in [-0.2, -0.15) is 0 Å². The number of hydrogen-bond acceptors (Lipinski definition) is 4. The molecule has 0 aliphatic heterocycles. The van der Waals surface area contributed by atoms with Gasteiger partial charge in [0.05, 0.1) is 7.11 Å². The highest BCUT2D eigenvalue weighted by Crippen LogP contribution is 2.18. The average molecular weight is 240 g/mol. The molecule has 0 unspecified atom stereocenters. The molecule has 1 heterocycles. The summed E-state index contributed by atoms with van der Waals surface area (Å²) in [6.07, 6.45) is 0.0430. The largest absolute Gasteiger partial charge is 0.469 e. The molecular weight excluding hydrogens is 230 g/mol. The van der Waals surface area contributed by atoms with Crippen molar-refractivity contribution in [1.29, 1.82) is 0 Å². The maximum atomic E-state index is 11.0. The molecule has 0 saturated heterocycles. The second-order valence-corrected chi connectivity index (χ2v) is 3.56. The van der Waals surface area contributed by atoms with E-state index in [0.29, 0.717) is 22.9 Å². The Hall–Kier alpha value is -1.55. The van der Waals surface area contributed by atoms with Crippen LogP contribution in [0.15, 0.2) is 22.6 Å². The van der Waals surface area contributed by atoms with Crippen LogP contribution in [0.1, 0.15) is 11.5 Å². The van der Waals surface area contributed by atoms with Crippen LogP contribution in [0.25, 0.3) is 11.1 Å². The van der Waals surface area contributed by atoms with E-state index in [1.807, 2.05) is 12.1 Å². The summed E-state index contributed by atoms with van der Waals surface area (Å²) in [7, 11) is 1.33. The van der Waals surface area contributed by atoms with Gasteiger partial charge in [0.2, 0.25) is 5.89 Å². The van der Waals surface area contributed by atoms with Crippen LogP contribution in [0.3, 0.4) is 0 Å². The number of carbonyl (C=O) groups excluding carboxylic acids is 1. The van der Waals surface area contributed by atoms with Crippen LogP contribution in [-0.2, 0) is 21.8 Å². The number of oxazole rings is 1. The van der Waals surface area contributed by atoms with E-state index in [1.165, 1.54) is 7.11 Å². The van der Waals surface area contributed by atoms with Crippen LogP contribution < -0.4 is 0 Å². The summed E-state index contributed by atoms with van der Waals surface area (Å²) in [4.78, 5) is 15.2. The van der Waals surface area contributed by atoms with E-state index in [0.717, 1.165) is 5.56 Å². The highest BCUT2D eigenvalue weighted by Gasteiger charge is 2.10. The third-order valence-corrected chi connectivity index (χ3v) is 2.48. The fraction of sp³-hybridized carbons (Fsp3) is 0.273. The summed E-state index contributed by atoms with van der Waals surface area (Å²) in [6.45, 7) is 0. The third kappa shape index (κ3) is 2.17. The van der Waals surface area contributed by atoms with Crippen molar-refractivity contribution in [3.05, 3.63) is 29.7 Å². The van der Waals surface area contributed by atoms with Gasteiger partial charge < -0.3 is 9.15 Å². The van der Waals surface area contributed by atoms with E-state index in [-0.39, 0.29) is 12.4 Å². The van der Waals surface area contributed by atoms with Gasteiger partial charge in [-0.25, -0.2) is 4.98 Å². The van der Waals surface area contributed by atoms with Crippen molar-refractivity contribution < 1.29 is 13.9 Å². The minimum absolute atomic E-state index is 0.0430. The Morgan fingerprint density at radius 1 is 1.56 bits per heavy atom. The van der Waals surface area contributed by atoms with Gasteiger partial charge in [-0.15, -0.1) is 11.6 Å². The molecule has 0 aliphatic carbocycles. The summed E-state index contributed by atoms with van der Waals surface area (Å²) in [6, 6.07) is 5.50. The lowest BCUT2D eigenvalue weighted by molar-refractivity contribution is -0.140. The first-order valence-electron chi connectivity index (χ1n) is 4.74. The van der Waals surface area contributed by atoms with E-state index in [2.05, 4.69) is 9.72 Å². The molecule has 0 saturated carbocycles. The molecule has 0 fully saturated rings. The molecule has 16 heavy (non-hydrogen) atoms. The standard InChI is InChI=1S/C11H10ClNO3/c1-15-11(14)5-10-13-8-4-7(6-12)2-3-9(8)16-10/h2-4H,5-6H2,1H3. The Morgan fingerprint density at radius 2 is 2.38 bits per heavy atom. The Bertz CT molecular complexity index is 521. The molecule has 0 aliphatic rings. The van der Waals surface area contributed by atoms with Crippen molar-refractivity contribution in [1.82, 2.24) is 4.98 Å². The van der Waals surface area contributed by atoms with Crippen LogP contribution in [-0.4, -0.2) is 18.1 Å². The molecule has 1 aromatic heterocycles. The smallest absolute Gasteiger partial charge is 0.314 e. The van der Waals surface area contributed by atoms with Gasteiger partial charge in [0.1, 0.15) is 11.9 Å². The van der Waals surface area contributed by atoms with Gasteiger partial charge in [-0.3, -0.25) is 4.79 Å². The van der Waals surface area contributed by atoms with Gasteiger partial charge in [-0.1, -0.05) is 6.07 Å². The highest BCUT2D eigenvalue weighted by atomic mass is 35.5. The van der Waals surface area contributed by atoms with Crippen LogP contribution in [0, 0.1) is 0 Å². The topological polar surface area (TPSA) is 52.3 Å². The molecule has 4 nitrogen and oxygen atoms in total. The van der Waals surface area contributed by atoms with Gasteiger partial charge in [0.15, 0.2) is 5.58 Å². The number of hydrogen-bond donors (Lipinski definition) is 0.